The number of ketones is 1. The number of likely N-dealkylation sites (N-methyl/N-ethyl adjacent to an activating group) is 1. The first-order chi connectivity index (χ1) is 16.9. The highest BCUT2D eigenvalue weighted by molar-refractivity contribution is 5.83. The first-order valence-corrected chi connectivity index (χ1v) is 15.0. The van der Waals surface area contributed by atoms with E-state index in [-0.39, 0.29) is 18.4 Å². The van der Waals surface area contributed by atoms with E-state index in [2.05, 4.69) is 4.90 Å². The molecular formula is C30H52N2O3. The first-order valence-electron chi connectivity index (χ1n) is 15.0. The summed E-state index contributed by atoms with van der Waals surface area (Å²) in [6.45, 7) is 4.43. The zero-order valence-electron chi connectivity index (χ0n) is 22.8. The summed E-state index contributed by atoms with van der Waals surface area (Å²) in [4.78, 5) is 18.4. The van der Waals surface area contributed by atoms with Gasteiger partial charge >= 0.3 is 0 Å². The number of rotatable bonds is 7. The summed E-state index contributed by atoms with van der Waals surface area (Å²) in [5, 5.41) is 10.6. The third kappa shape index (κ3) is 5.26. The van der Waals surface area contributed by atoms with E-state index >= 15 is 0 Å². The third-order valence-corrected chi connectivity index (χ3v) is 11.4. The Kier molecular flexibility index (Phi) is 8.28. The van der Waals surface area contributed by atoms with E-state index in [1.54, 1.807) is 0 Å². The van der Waals surface area contributed by atoms with Crippen molar-refractivity contribution < 1.29 is 14.6 Å². The lowest BCUT2D eigenvalue weighted by Crippen LogP contribution is -2.55. The molecular weight excluding hydrogens is 436 g/mol. The standard InChI is InChI=1S/C30H52N2O3/c1-31(2)19-28(34)26-17-30(11-13-32(14-12-30)18-21-7-5-4-6-8-21)29-24-10-9-23(35-3)15-22(24)16-25(29)27(26)20-33/h21-27,29,33H,4-20H2,1-3H3/t22?,23?,24?,25?,26?,27-,29?/m1/s1. The predicted octanol–water partition coefficient (Wildman–Crippen LogP) is 4.48. The number of nitrogens with zero attached hydrogens (tertiary/aromatic N) is 2. The second kappa shape index (κ2) is 11.1. The Morgan fingerprint density at radius 2 is 1.77 bits per heavy atom. The molecule has 1 aliphatic heterocycles. The Labute approximate surface area is 214 Å². The molecule has 5 nitrogen and oxygen atoms in total. The molecule has 5 aliphatic rings. The molecule has 1 N–H and O–H groups in total. The van der Waals surface area contributed by atoms with Gasteiger partial charge in [-0.25, -0.2) is 0 Å². The highest BCUT2D eigenvalue weighted by Gasteiger charge is 2.61. The number of aliphatic hydroxyl groups is 1. The molecule has 0 amide bonds. The Hall–Kier alpha value is -0.490. The molecule has 0 radical (unpaired) electrons. The summed E-state index contributed by atoms with van der Waals surface area (Å²) >= 11 is 0. The van der Waals surface area contributed by atoms with E-state index in [1.165, 1.54) is 90.3 Å². The van der Waals surface area contributed by atoms with Crippen LogP contribution in [0.1, 0.15) is 77.0 Å². The highest BCUT2D eigenvalue weighted by Crippen LogP contribution is 2.66. The predicted molar refractivity (Wildman–Crippen MR) is 140 cm³/mol. The SMILES string of the molecule is COC1CCC2C(C1)CC1C2C2(CCN(CC3CCCCC3)CC2)CC(C(=O)CN(C)C)[C@@H]1CO. The van der Waals surface area contributed by atoms with Crippen LogP contribution in [-0.4, -0.2) is 80.8 Å². The van der Waals surface area contributed by atoms with E-state index in [0.717, 1.165) is 24.2 Å². The average molecular weight is 489 g/mol. The number of methoxy groups -OCH3 is 1. The van der Waals surface area contributed by atoms with Gasteiger partial charge in [-0.1, -0.05) is 19.3 Å². The van der Waals surface area contributed by atoms with Gasteiger partial charge in [0.05, 0.1) is 12.6 Å². The van der Waals surface area contributed by atoms with Crippen LogP contribution in [0.25, 0.3) is 0 Å². The van der Waals surface area contributed by atoms with Gasteiger partial charge in [0.1, 0.15) is 5.78 Å². The number of likely N-dealkylation sites (tertiary alicyclic amines) is 1. The fourth-order valence-electron chi connectivity index (χ4n) is 9.89. The number of Topliss-reactive ketones (excluding diaryl/α,β-unsaturated/α-hetero) is 1. The Balaban J connectivity index is 1.37. The minimum atomic E-state index is 0.0342. The maximum atomic E-state index is 13.5. The third-order valence-electron chi connectivity index (χ3n) is 11.4. The van der Waals surface area contributed by atoms with E-state index in [0.29, 0.717) is 35.7 Å². The number of aliphatic hydroxyl groups excluding tert-OH is 1. The number of fused-ring (bicyclic) bond motifs is 4. The molecule has 200 valence electrons. The van der Waals surface area contributed by atoms with Gasteiger partial charge in [0, 0.05) is 26.2 Å². The van der Waals surface area contributed by atoms with Crippen molar-refractivity contribution in [2.24, 2.45) is 46.8 Å². The van der Waals surface area contributed by atoms with Crippen LogP contribution in [0, 0.1) is 46.8 Å². The van der Waals surface area contributed by atoms with Crippen molar-refractivity contribution in [2.45, 2.75) is 83.2 Å². The normalized spacial score (nSPS) is 40.1. The monoisotopic (exact) mass is 488 g/mol. The minimum Gasteiger partial charge on any atom is -0.396 e. The van der Waals surface area contributed by atoms with E-state index in [9.17, 15) is 9.90 Å². The maximum Gasteiger partial charge on any atom is 0.150 e. The van der Waals surface area contributed by atoms with Crippen LogP contribution in [0.4, 0.5) is 0 Å². The highest BCUT2D eigenvalue weighted by atomic mass is 16.5. The Morgan fingerprint density at radius 1 is 1.03 bits per heavy atom. The fourth-order valence-corrected chi connectivity index (χ4v) is 9.89. The van der Waals surface area contributed by atoms with Crippen LogP contribution in [0.15, 0.2) is 0 Å². The summed E-state index contributed by atoms with van der Waals surface area (Å²) in [7, 11) is 5.89. The van der Waals surface area contributed by atoms with Gasteiger partial charge in [0.2, 0.25) is 0 Å². The van der Waals surface area contributed by atoms with Crippen molar-refractivity contribution in [1.82, 2.24) is 9.80 Å². The van der Waals surface area contributed by atoms with Crippen LogP contribution in [0.3, 0.4) is 0 Å². The van der Waals surface area contributed by atoms with Gasteiger partial charge in [-0.05, 0) is 126 Å². The molecule has 5 heteroatoms. The summed E-state index contributed by atoms with van der Waals surface area (Å²) in [5.74, 6) is 4.18. The summed E-state index contributed by atoms with van der Waals surface area (Å²) in [6.07, 6.45) is 16.0. The zero-order chi connectivity index (χ0) is 24.6. The molecule has 35 heavy (non-hydrogen) atoms. The van der Waals surface area contributed by atoms with Crippen molar-refractivity contribution in [3.8, 4) is 0 Å². The molecule has 1 heterocycles. The lowest BCUT2D eigenvalue weighted by Gasteiger charge is -2.57. The van der Waals surface area contributed by atoms with E-state index < -0.39 is 0 Å². The topological polar surface area (TPSA) is 53.0 Å². The van der Waals surface area contributed by atoms with Gasteiger partial charge in [-0.15, -0.1) is 0 Å². The van der Waals surface area contributed by atoms with Crippen molar-refractivity contribution in [2.75, 3.05) is 54.0 Å². The van der Waals surface area contributed by atoms with Crippen molar-refractivity contribution in [1.29, 1.82) is 0 Å². The van der Waals surface area contributed by atoms with Gasteiger partial charge < -0.3 is 19.6 Å². The molecule has 0 aromatic heterocycles. The summed E-state index contributed by atoms with van der Waals surface area (Å²) in [6, 6.07) is 0. The number of ether oxygens (including phenoxy) is 1. The van der Waals surface area contributed by atoms with Crippen LogP contribution in [0.2, 0.25) is 0 Å². The maximum absolute atomic E-state index is 13.5. The zero-order valence-corrected chi connectivity index (χ0v) is 22.8. The Morgan fingerprint density at radius 3 is 2.43 bits per heavy atom. The van der Waals surface area contributed by atoms with Crippen molar-refractivity contribution in [3.05, 3.63) is 0 Å². The minimum absolute atomic E-state index is 0.0342. The molecule has 1 saturated heterocycles. The van der Waals surface area contributed by atoms with Gasteiger partial charge in [-0.3, -0.25) is 4.79 Å². The second-order valence-electron chi connectivity index (χ2n) is 13.5. The van der Waals surface area contributed by atoms with Crippen LogP contribution in [0.5, 0.6) is 0 Å². The Bertz CT molecular complexity index is 712. The van der Waals surface area contributed by atoms with Crippen LogP contribution >= 0.6 is 0 Å². The van der Waals surface area contributed by atoms with Crippen LogP contribution in [-0.2, 0) is 9.53 Å². The number of hydrogen-bond acceptors (Lipinski definition) is 5. The molecule has 1 spiro atoms. The smallest absolute Gasteiger partial charge is 0.150 e. The number of carbonyl (C=O) groups excluding carboxylic acids is 1. The average Bonchev–Trinajstić information content (AvgIpc) is 3.25. The fraction of sp³-hybridized carbons (Fsp3) is 0.967. The van der Waals surface area contributed by atoms with E-state index in [4.69, 9.17) is 4.74 Å². The molecule has 5 rings (SSSR count). The van der Waals surface area contributed by atoms with Crippen LogP contribution < -0.4 is 0 Å². The quantitative estimate of drug-likeness (QED) is 0.573. The number of piperidine rings is 1. The molecule has 7 atom stereocenters. The molecule has 5 fully saturated rings. The van der Waals surface area contributed by atoms with Crippen molar-refractivity contribution in [3.63, 3.8) is 0 Å². The number of hydrogen-bond donors (Lipinski definition) is 1. The number of carbonyl (C=O) groups is 1. The lowest BCUT2D eigenvalue weighted by atomic mass is 9.50. The molecule has 4 saturated carbocycles. The molecule has 0 bridgehead atoms. The first kappa shape index (κ1) is 26.1. The van der Waals surface area contributed by atoms with Gasteiger partial charge in [0.15, 0.2) is 0 Å². The van der Waals surface area contributed by atoms with Gasteiger partial charge in [-0.2, -0.15) is 0 Å². The second-order valence-corrected chi connectivity index (χ2v) is 13.5. The summed E-state index contributed by atoms with van der Waals surface area (Å²) in [5.41, 5.74) is 0.297. The van der Waals surface area contributed by atoms with E-state index in [1.807, 2.05) is 26.1 Å². The molecule has 4 aliphatic carbocycles. The molecule has 0 aromatic rings. The van der Waals surface area contributed by atoms with Crippen molar-refractivity contribution >= 4 is 5.78 Å². The molecule has 0 aromatic carbocycles. The largest absolute Gasteiger partial charge is 0.396 e. The van der Waals surface area contributed by atoms with Gasteiger partial charge in [0.25, 0.3) is 0 Å². The lowest BCUT2D eigenvalue weighted by molar-refractivity contribution is -0.140. The summed E-state index contributed by atoms with van der Waals surface area (Å²) < 4.78 is 5.82. The molecule has 6 unspecified atom stereocenters.